The van der Waals surface area contributed by atoms with Gasteiger partial charge in [-0.1, -0.05) is 74.0 Å². The summed E-state index contributed by atoms with van der Waals surface area (Å²) in [5.74, 6) is 1.23. The number of benzene rings is 2. The molecule has 0 radical (unpaired) electrons. The first kappa shape index (κ1) is 16.1. The fourth-order valence-electron chi connectivity index (χ4n) is 4.17. The molecule has 2 aliphatic carbocycles. The summed E-state index contributed by atoms with van der Waals surface area (Å²) in [5, 5.41) is 0. The van der Waals surface area contributed by atoms with E-state index in [2.05, 4.69) is 88.4 Å². The molecule has 0 spiro atoms. The fourth-order valence-corrected chi connectivity index (χ4v) is 4.17. The molecular formula is C25H26. The van der Waals surface area contributed by atoms with Crippen LogP contribution in [-0.4, -0.2) is 0 Å². The van der Waals surface area contributed by atoms with Gasteiger partial charge in [-0.25, -0.2) is 0 Å². The second-order valence-corrected chi connectivity index (χ2v) is 7.82. The van der Waals surface area contributed by atoms with E-state index < -0.39 is 0 Å². The van der Waals surface area contributed by atoms with Gasteiger partial charge in [0.1, 0.15) is 0 Å². The van der Waals surface area contributed by atoms with Gasteiger partial charge in [-0.2, -0.15) is 0 Å². The van der Waals surface area contributed by atoms with Crippen LogP contribution in [0, 0.1) is 19.8 Å². The highest BCUT2D eigenvalue weighted by molar-refractivity contribution is 5.90. The summed E-state index contributed by atoms with van der Waals surface area (Å²) >= 11 is 0. The molecule has 4 rings (SSSR count). The number of rotatable bonds is 3. The molecule has 1 atom stereocenters. The minimum Gasteiger partial charge on any atom is -0.0761 e. The summed E-state index contributed by atoms with van der Waals surface area (Å²) in [6.45, 7) is 8.97. The van der Waals surface area contributed by atoms with Crippen molar-refractivity contribution < 1.29 is 0 Å². The highest BCUT2D eigenvalue weighted by Crippen LogP contribution is 2.39. The summed E-state index contributed by atoms with van der Waals surface area (Å²) < 4.78 is 0. The molecule has 0 fully saturated rings. The molecule has 2 aromatic carbocycles. The number of hydrogen-bond donors (Lipinski definition) is 0. The predicted molar refractivity (Wildman–Crippen MR) is 110 cm³/mol. The quantitative estimate of drug-likeness (QED) is 0.573. The lowest BCUT2D eigenvalue weighted by molar-refractivity contribution is 0.584. The molecule has 0 amide bonds. The van der Waals surface area contributed by atoms with Crippen LogP contribution in [0.3, 0.4) is 0 Å². The molecule has 0 aromatic heterocycles. The van der Waals surface area contributed by atoms with E-state index in [0.717, 1.165) is 6.42 Å². The average Bonchev–Trinajstić information content (AvgIpc) is 3.21. The number of fused-ring (bicyclic) bond motifs is 1. The Balaban J connectivity index is 1.63. The third-order valence-corrected chi connectivity index (χ3v) is 5.58. The van der Waals surface area contributed by atoms with Crippen molar-refractivity contribution in [2.75, 3.05) is 0 Å². The summed E-state index contributed by atoms with van der Waals surface area (Å²) in [6.07, 6.45) is 10.4. The molecule has 2 aromatic rings. The van der Waals surface area contributed by atoms with Crippen LogP contribution in [0.1, 0.15) is 59.6 Å². The van der Waals surface area contributed by atoms with Crippen LogP contribution in [0.25, 0.3) is 17.2 Å². The number of allylic oxidation sites excluding steroid dienone is 5. The van der Waals surface area contributed by atoms with Gasteiger partial charge < -0.3 is 0 Å². The Morgan fingerprint density at radius 1 is 1.00 bits per heavy atom. The van der Waals surface area contributed by atoms with Crippen molar-refractivity contribution in [3.8, 4) is 0 Å². The van der Waals surface area contributed by atoms with Gasteiger partial charge in [-0.3, -0.25) is 0 Å². The van der Waals surface area contributed by atoms with E-state index in [9.17, 15) is 0 Å². The highest BCUT2D eigenvalue weighted by Gasteiger charge is 2.21. The van der Waals surface area contributed by atoms with Gasteiger partial charge in [0.15, 0.2) is 0 Å². The molecule has 0 N–H and O–H groups in total. The van der Waals surface area contributed by atoms with E-state index in [1.807, 2.05) is 0 Å². The maximum atomic E-state index is 2.37. The van der Waals surface area contributed by atoms with E-state index in [1.54, 1.807) is 0 Å². The Bertz CT molecular complexity index is 919. The lowest BCUT2D eigenvalue weighted by Gasteiger charge is -2.15. The second-order valence-electron chi connectivity index (χ2n) is 7.82. The third kappa shape index (κ3) is 2.91. The lowest BCUT2D eigenvalue weighted by atomic mass is 9.89. The monoisotopic (exact) mass is 326 g/mol. The zero-order valence-corrected chi connectivity index (χ0v) is 15.6. The van der Waals surface area contributed by atoms with E-state index in [1.165, 1.54) is 44.5 Å². The maximum absolute atomic E-state index is 2.37. The van der Waals surface area contributed by atoms with Gasteiger partial charge in [-0.05, 0) is 71.2 Å². The average molecular weight is 326 g/mol. The molecule has 0 nitrogen and oxygen atoms in total. The van der Waals surface area contributed by atoms with Crippen molar-refractivity contribution >= 4 is 17.2 Å². The molecule has 0 saturated carbocycles. The summed E-state index contributed by atoms with van der Waals surface area (Å²) in [4.78, 5) is 0. The van der Waals surface area contributed by atoms with Crippen LogP contribution in [0.15, 0.2) is 54.6 Å². The van der Waals surface area contributed by atoms with Gasteiger partial charge >= 0.3 is 0 Å². The maximum Gasteiger partial charge on any atom is 0.00502 e. The topological polar surface area (TPSA) is 0 Å². The highest BCUT2D eigenvalue weighted by atomic mass is 14.3. The van der Waals surface area contributed by atoms with Gasteiger partial charge in [0.05, 0.1) is 0 Å². The number of aryl methyl sites for hydroxylation is 2. The smallest absolute Gasteiger partial charge is 0.00502 e. The van der Waals surface area contributed by atoms with Crippen molar-refractivity contribution in [3.05, 3.63) is 88.0 Å². The summed E-state index contributed by atoms with van der Waals surface area (Å²) in [5.41, 5.74) is 11.1. The Morgan fingerprint density at radius 3 is 2.60 bits per heavy atom. The molecule has 0 heterocycles. The van der Waals surface area contributed by atoms with Gasteiger partial charge in [0.25, 0.3) is 0 Å². The van der Waals surface area contributed by atoms with Crippen molar-refractivity contribution in [2.45, 2.75) is 40.0 Å². The van der Waals surface area contributed by atoms with Crippen LogP contribution in [0.5, 0.6) is 0 Å². The predicted octanol–water partition coefficient (Wildman–Crippen LogP) is 6.94. The van der Waals surface area contributed by atoms with Gasteiger partial charge in [0.2, 0.25) is 0 Å². The van der Waals surface area contributed by atoms with E-state index in [4.69, 9.17) is 0 Å². The summed E-state index contributed by atoms with van der Waals surface area (Å²) in [7, 11) is 0. The fraction of sp³-hybridized carbons (Fsp3) is 0.280. The molecule has 0 aliphatic heterocycles. The molecular weight excluding hydrogens is 300 g/mol. The van der Waals surface area contributed by atoms with Gasteiger partial charge in [0, 0.05) is 5.92 Å². The molecule has 126 valence electrons. The molecule has 0 saturated heterocycles. The Morgan fingerprint density at radius 2 is 1.84 bits per heavy atom. The van der Waals surface area contributed by atoms with Crippen LogP contribution in [0.4, 0.5) is 0 Å². The lowest BCUT2D eigenvalue weighted by Crippen LogP contribution is -2.01. The molecule has 0 heteroatoms. The zero-order valence-electron chi connectivity index (χ0n) is 15.6. The van der Waals surface area contributed by atoms with Crippen molar-refractivity contribution in [1.82, 2.24) is 0 Å². The van der Waals surface area contributed by atoms with E-state index in [-0.39, 0.29) is 0 Å². The standard InChI is InChI=1S/C25H26/c1-16(2)23-11-9-22-15-20(8-12-25(22)23)19-6-7-21(14-19)24-10-5-17(3)13-18(24)4/h5,7-16,23H,6H2,1-4H3. The Labute approximate surface area is 151 Å². The van der Waals surface area contributed by atoms with Crippen molar-refractivity contribution in [3.63, 3.8) is 0 Å². The normalized spacial score (nSPS) is 18.5. The molecule has 1 unspecified atom stereocenters. The third-order valence-electron chi connectivity index (χ3n) is 5.58. The molecule has 0 bridgehead atoms. The Kier molecular flexibility index (Phi) is 4.00. The number of hydrogen-bond acceptors (Lipinski definition) is 0. The Hall–Kier alpha value is -2.34. The van der Waals surface area contributed by atoms with Crippen LogP contribution < -0.4 is 0 Å². The first-order valence-electron chi connectivity index (χ1n) is 9.34. The van der Waals surface area contributed by atoms with Crippen LogP contribution in [0.2, 0.25) is 0 Å². The minimum atomic E-state index is 0.575. The van der Waals surface area contributed by atoms with Crippen LogP contribution >= 0.6 is 0 Å². The van der Waals surface area contributed by atoms with Crippen molar-refractivity contribution in [1.29, 1.82) is 0 Å². The molecule has 25 heavy (non-hydrogen) atoms. The van der Waals surface area contributed by atoms with E-state index in [0.29, 0.717) is 11.8 Å². The largest absolute Gasteiger partial charge is 0.0761 e. The first-order chi connectivity index (χ1) is 12.0. The minimum absolute atomic E-state index is 0.575. The SMILES string of the molecule is Cc1ccc(C2=CCC(c3ccc4c(c3)C=CC4C(C)C)=C2)c(C)c1. The van der Waals surface area contributed by atoms with Crippen molar-refractivity contribution in [2.24, 2.45) is 5.92 Å². The van der Waals surface area contributed by atoms with Gasteiger partial charge in [-0.15, -0.1) is 0 Å². The van der Waals surface area contributed by atoms with E-state index >= 15 is 0 Å². The first-order valence-corrected chi connectivity index (χ1v) is 9.34. The second kappa shape index (κ2) is 6.19. The zero-order chi connectivity index (χ0) is 17.6. The molecule has 2 aliphatic rings. The summed E-state index contributed by atoms with van der Waals surface area (Å²) in [6, 6.07) is 13.8. The van der Waals surface area contributed by atoms with Crippen LogP contribution in [-0.2, 0) is 0 Å².